The molecule has 0 atom stereocenters. The molecule has 0 amide bonds. The number of rotatable bonds is 11. The molecule has 116 valence electrons. The van der Waals surface area contributed by atoms with Gasteiger partial charge in [0, 0.05) is 18.1 Å². The average Bonchev–Trinajstić information content (AvgIpc) is 2.41. The molecule has 1 aromatic heterocycles. The molecule has 0 bridgehead atoms. The van der Waals surface area contributed by atoms with E-state index in [9.17, 15) is 0 Å². The maximum Gasteiger partial charge on any atom is 0.171 e. The number of pyridine rings is 1. The Morgan fingerprint density at radius 1 is 0.850 bits per heavy atom. The van der Waals surface area contributed by atoms with Crippen molar-refractivity contribution >= 4 is 0 Å². The highest BCUT2D eigenvalue weighted by molar-refractivity contribution is 5.01. The summed E-state index contributed by atoms with van der Waals surface area (Å²) in [4.78, 5) is 0. The summed E-state index contributed by atoms with van der Waals surface area (Å²) < 4.78 is 2.32. The van der Waals surface area contributed by atoms with Gasteiger partial charge in [0.1, 0.15) is 6.54 Å². The first-order valence-electron chi connectivity index (χ1n) is 8.28. The van der Waals surface area contributed by atoms with Crippen molar-refractivity contribution < 1.29 is 9.27 Å². The molecule has 0 aromatic carbocycles. The second kappa shape index (κ2) is 13.1. The van der Waals surface area contributed by atoms with Gasteiger partial charge in [0.2, 0.25) is 0 Å². The van der Waals surface area contributed by atoms with Gasteiger partial charge < -0.3 is 4.70 Å². The Balaban J connectivity index is 0.00000361. The minimum Gasteiger partial charge on any atom is -1.00 e. The van der Waals surface area contributed by atoms with Crippen molar-refractivity contribution in [3.63, 3.8) is 0 Å². The maximum atomic E-state index is 2.32. The predicted octanol–water partition coefficient (Wildman–Crippen LogP) is 2.21. The van der Waals surface area contributed by atoms with Crippen LogP contribution in [0.2, 0.25) is 0 Å². The van der Waals surface area contributed by atoms with E-state index in [4.69, 9.17) is 0 Å². The number of aryl methyl sites for hydroxylation is 2. The lowest BCUT2D eigenvalue weighted by Crippen LogP contribution is -3.00. The smallest absolute Gasteiger partial charge is 0.171 e. The second-order valence-corrected chi connectivity index (χ2v) is 5.80. The molecular weight excluding hydrogens is 249 g/mol. The minimum atomic E-state index is 0. The Hall–Kier alpha value is -0.920. The molecule has 0 aliphatic rings. The molecule has 0 aliphatic carbocycles. The van der Waals surface area contributed by atoms with Crippen molar-refractivity contribution in [2.24, 2.45) is 0 Å². The Labute approximate surface area is 124 Å². The SMILES string of the molecule is CCCCCCCCCCCC[n+]1cccc(C)c1.[F-]. The van der Waals surface area contributed by atoms with E-state index in [-0.39, 0.29) is 4.70 Å². The quantitative estimate of drug-likeness (QED) is 0.432. The van der Waals surface area contributed by atoms with Crippen molar-refractivity contribution in [3.05, 3.63) is 30.1 Å². The van der Waals surface area contributed by atoms with Crippen LogP contribution in [0.1, 0.15) is 76.7 Å². The summed E-state index contributed by atoms with van der Waals surface area (Å²) in [7, 11) is 0. The highest BCUT2D eigenvalue weighted by Crippen LogP contribution is 2.10. The highest BCUT2D eigenvalue weighted by Gasteiger charge is 1.99. The molecule has 0 saturated carbocycles. The van der Waals surface area contributed by atoms with Crippen LogP contribution in [0, 0.1) is 6.92 Å². The van der Waals surface area contributed by atoms with Gasteiger partial charge in [-0.25, -0.2) is 4.57 Å². The van der Waals surface area contributed by atoms with Gasteiger partial charge in [-0.3, -0.25) is 0 Å². The number of hydrogen-bond donors (Lipinski definition) is 0. The number of unbranched alkanes of at least 4 members (excludes halogenated alkanes) is 9. The summed E-state index contributed by atoms with van der Waals surface area (Å²) in [6, 6.07) is 4.31. The van der Waals surface area contributed by atoms with E-state index >= 15 is 0 Å². The van der Waals surface area contributed by atoms with Gasteiger partial charge in [0.25, 0.3) is 0 Å². The molecule has 1 nitrogen and oxygen atoms in total. The zero-order chi connectivity index (χ0) is 13.8. The van der Waals surface area contributed by atoms with Gasteiger partial charge in [-0.1, -0.05) is 58.3 Å². The average molecular weight is 281 g/mol. The lowest BCUT2D eigenvalue weighted by atomic mass is 10.1. The summed E-state index contributed by atoms with van der Waals surface area (Å²) in [5.74, 6) is 0. The standard InChI is InChI=1S/C18H32N.FH/c1-3-4-5-6-7-8-9-10-11-12-15-19-16-13-14-18(2)17-19;/h13-14,16-17H,3-12,15H2,1-2H3;1H/q+1;/p-1. The second-order valence-electron chi connectivity index (χ2n) is 5.80. The van der Waals surface area contributed by atoms with E-state index in [1.807, 2.05) is 0 Å². The fourth-order valence-electron chi connectivity index (χ4n) is 2.57. The zero-order valence-electron chi connectivity index (χ0n) is 13.4. The van der Waals surface area contributed by atoms with Crippen LogP contribution >= 0.6 is 0 Å². The number of aromatic nitrogens is 1. The predicted molar refractivity (Wildman–Crippen MR) is 83.2 cm³/mol. The fraction of sp³-hybridized carbons (Fsp3) is 0.722. The lowest BCUT2D eigenvalue weighted by molar-refractivity contribution is -0.697. The van der Waals surface area contributed by atoms with Crippen LogP contribution in [-0.2, 0) is 6.54 Å². The zero-order valence-corrected chi connectivity index (χ0v) is 13.4. The van der Waals surface area contributed by atoms with E-state index in [0.717, 1.165) is 0 Å². The third-order valence-electron chi connectivity index (χ3n) is 3.78. The molecule has 0 saturated heterocycles. The highest BCUT2D eigenvalue weighted by atomic mass is 19.0. The first-order chi connectivity index (χ1) is 9.33. The Morgan fingerprint density at radius 2 is 1.40 bits per heavy atom. The van der Waals surface area contributed by atoms with E-state index in [1.165, 1.54) is 76.3 Å². The van der Waals surface area contributed by atoms with Crippen molar-refractivity contribution in [2.75, 3.05) is 0 Å². The Bertz CT molecular complexity index is 325. The summed E-state index contributed by atoms with van der Waals surface area (Å²) in [5, 5.41) is 0. The van der Waals surface area contributed by atoms with Crippen molar-refractivity contribution in [1.29, 1.82) is 0 Å². The summed E-state index contributed by atoms with van der Waals surface area (Å²) >= 11 is 0. The van der Waals surface area contributed by atoms with Crippen LogP contribution in [0.3, 0.4) is 0 Å². The van der Waals surface area contributed by atoms with Crippen LogP contribution < -0.4 is 9.27 Å². The van der Waals surface area contributed by atoms with Crippen LogP contribution in [0.5, 0.6) is 0 Å². The first kappa shape index (κ1) is 19.1. The molecule has 0 radical (unpaired) electrons. The largest absolute Gasteiger partial charge is 1.00 e. The molecule has 0 aliphatic heterocycles. The van der Waals surface area contributed by atoms with Crippen LogP contribution in [-0.4, -0.2) is 0 Å². The van der Waals surface area contributed by atoms with Gasteiger partial charge in [-0.15, -0.1) is 0 Å². The molecule has 1 aromatic rings. The van der Waals surface area contributed by atoms with E-state index in [1.54, 1.807) is 0 Å². The first-order valence-corrected chi connectivity index (χ1v) is 8.28. The number of halogens is 1. The van der Waals surface area contributed by atoms with E-state index in [0.29, 0.717) is 0 Å². The number of nitrogens with zero attached hydrogens (tertiary/aromatic N) is 1. The van der Waals surface area contributed by atoms with Gasteiger partial charge in [0.05, 0.1) is 0 Å². The topological polar surface area (TPSA) is 3.88 Å². The van der Waals surface area contributed by atoms with Gasteiger partial charge in [-0.2, -0.15) is 0 Å². The molecule has 0 unspecified atom stereocenters. The van der Waals surface area contributed by atoms with E-state index < -0.39 is 0 Å². The van der Waals surface area contributed by atoms with Crippen LogP contribution in [0.25, 0.3) is 0 Å². The molecule has 0 N–H and O–H groups in total. The monoisotopic (exact) mass is 281 g/mol. The maximum absolute atomic E-state index is 2.32. The van der Waals surface area contributed by atoms with Gasteiger partial charge >= 0.3 is 0 Å². The molecule has 2 heteroatoms. The Morgan fingerprint density at radius 3 is 1.95 bits per heavy atom. The third kappa shape index (κ3) is 9.94. The molecular formula is C18H32FN. The third-order valence-corrected chi connectivity index (χ3v) is 3.78. The minimum absolute atomic E-state index is 0. The molecule has 0 spiro atoms. The van der Waals surface area contributed by atoms with E-state index in [2.05, 4.69) is 42.9 Å². The fourth-order valence-corrected chi connectivity index (χ4v) is 2.57. The van der Waals surface area contributed by atoms with Gasteiger partial charge in [-0.05, 0) is 19.4 Å². The van der Waals surface area contributed by atoms with Gasteiger partial charge in [0.15, 0.2) is 12.4 Å². The summed E-state index contributed by atoms with van der Waals surface area (Å²) in [5.41, 5.74) is 1.36. The van der Waals surface area contributed by atoms with Crippen LogP contribution in [0.15, 0.2) is 24.5 Å². The molecule has 1 heterocycles. The Kier molecular flexibility index (Phi) is 12.5. The lowest BCUT2D eigenvalue weighted by Gasteiger charge is -2.01. The molecule has 20 heavy (non-hydrogen) atoms. The van der Waals surface area contributed by atoms with Crippen molar-refractivity contribution in [2.45, 2.75) is 84.6 Å². The summed E-state index contributed by atoms with van der Waals surface area (Å²) in [6.07, 6.45) is 18.6. The molecule has 1 rings (SSSR count). The van der Waals surface area contributed by atoms with Crippen molar-refractivity contribution in [1.82, 2.24) is 0 Å². The van der Waals surface area contributed by atoms with Crippen LogP contribution in [0.4, 0.5) is 0 Å². The number of hydrogen-bond acceptors (Lipinski definition) is 0. The normalized spacial score (nSPS) is 10.3. The molecule has 0 fully saturated rings. The van der Waals surface area contributed by atoms with Crippen molar-refractivity contribution in [3.8, 4) is 0 Å². The summed E-state index contributed by atoms with van der Waals surface area (Å²) in [6.45, 7) is 5.62.